The van der Waals surface area contributed by atoms with Crippen LogP contribution >= 0.6 is 0 Å². The van der Waals surface area contributed by atoms with E-state index in [9.17, 15) is 51.8 Å². The number of ether oxygens (including phenoxy) is 2. The van der Waals surface area contributed by atoms with Crippen molar-refractivity contribution >= 4 is 73.1 Å². The molecular weight excluding hydrogens is 428 g/mol. The molecule has 2 nitrogen and oxygen atoms in total. The van der Waals surface area contributed by atoms with Crippen LogP contribution in [0.4, 0.5) is 51.8 Å². The van der Waals surface area contributed by atoms with E-state index in [1.165, 1.54) is 0 Å². The molecule has 1 aromatic carbocycles. The first kappa shape index (κ1) is 33.4. The van der Waals surface area contributed by atoms with Gasteiger partial charge in [0.05, 0.1) is 14.2 Å². The quantitative estimate of drug-likeness (QED) is 0.480. The topological polar surface area (TPSA) is 18.5 Å². The standard InChI is InChI=1S/C8H10O2.3BF4.K.H/c1-9-7-4-3-5-8(6-7)10-2;3*2-1(3,4)5;;/h3-6H,1-2H3;;;;;/q;3*-1;;. The van der Waals surface area contributed by atoms with Gasteiger partial charge < -0.3 is 61.3 Å². The molecule has 0 unspecified atom stereocenters. The van der Waals surface area contributed by atoms with E-state index in [2.05, 4.69) is 0 Å². The first-order valence-electron chi connectivity index (χ1n) is 5.66. The van der Waals surface area contributed by atoms with Gasteiger partial charge in [-0.15, -0.1) is 0 Å². The summed E-state index contributed by atoms with van der Waals surface area (Å²) >= 11 is 0. The van der Waals surface area contributed by atoms with Gasteiger partial charge >= 0.3 is 73.1 Å². The molecule has 0 aliphatic rings. The Labute approximate surface area is 183 Å². The Kier molecular flexibility index (Phi) is 20.3. The summed E-state index contributed by atoms with van der Waals surface area (Å²) in [7, 11) is -14.7. The van der Waals surface area contributed by atoms with E-state index in [1.807, 2.05) is 24.3 Å². The van der Waals surface area contributed by atoms with E-state index in [1.54, 1.807) is 14.2 Å². The number of rotatable bonds is 2. The minimum absolute atomic E-state index is 0. The molecule has 0 heterocycles. The van der Waals surface area contributed by atoms with Crippen molar-refractivity contribution in [3.63, 3.8) is 0 Å². The maximum atomic E-state index is 9.75. The molecule has 26 heavy (non-hydrogen) atoms. The van der Waals surface area contributed by atoms with E-state index in [-0.39, 0.29) is 51.4 Å². The molecule has 0 aliphatic heterocycles. The van der Waals surface area contributed by atoms with Gasteiger partial charge in [0.15, 0.2) is 0 Å². The van der Waals surface area contributed by atoms with E-state index in [0.717, 1.165) is 11.5 Å². The Bertz CT molecular complexity index is 388. The van der Waals surface area contributed by atoms with Gasteiger partial charge in [0, 0.05) is 6.07 Å². The summed E-state index contributed by atoms with van der Waals surface area (Å²) in [4.78, 5) is 0. The second kappa shape index (κ2) is 15.8. The Balaban J connectivity index is -0.000000132. The van der Waals surface area contributed by atoms with Crippen molar-refractivity contribution in [3.05, 3.63) is 24.3 Å². The second-order valence-electron chi connectivity index (χ2n) is 3.37. The fourth-order valence-corrected chi connectivity index (χ4v) is 0.728. The summed E-state index contributed by atoms with van der Waals surface area (Å²) in [5.41, 5.74) is 0. The summed E-state index contributed by atoms with van der Waals surface area (Å²) in [5.74, 6) is 1.64. The van der Waals surface area contributed by atoms with Gasteiger partial charge in [-0.3, -0.25) is 0 Å². The third kappa shape index (κ3) is 65.0. The van der Waals surface area contributed by atoms with Crippen LogP contribution in [-0.4, -0.2) is 87.4 Å². The van der Waals surface area contributed by atoms with Crippen LogP contribution in [0, 0.1) is 0 Å². The van der Waals surface area contributed by atoms with Gasteiger partial charge in [0.2, 0.25) is 0 Å². The van der Waals surface area contributed by atoms with Crippen LogP contribution in [-0.2, 0) is 0 Å². The second-order valence-corrected chi connectivity index (χ2v) is 3.37. The molecule has 0 spiro atoms. The van der Waals surface area contributed by atoms with Crippen molar-refractivity contribution in [1.82, 2.24) is 0 Å². The van der Waals surface area contributed by atoms with Crippen LogP contribution in [0.5, 0.6) is 11.5 Å². The number of benzene rings is 1. The zero-order chi connectivity index (χ0) is 20.9. The molecule has 1 aromatic rings. The van der Waals surface area contributed by atoms with E-state index in [0.29, 0.717) is 0 Å². The van der Waals surface area contributed by atoms with Gasteiger partial charge in [-0.05, 0) is 12.1 Å². The minimum atomic E-state index is -6.00. The van der Waals surface area contributed by atoms with Crippen molar-refractivity contribution in [2.75, 3.05) is 14.2 Å². The van der Waals surface area contributed by atoms with Crippen LogP contribution in [0.1, 0.15) is 0 Å². The average molecular weight is 439 g/mol. The fraction of sp³-hybridized carbons (Fsp3) is 0.250. The van der Waals surface area contributed by atoms with Crippen LogP contribution in [0.2, 0.25) is 0 Å². The Morgan fingerprint density at radius 3 is 0.923 bits per heavy atom. The average Bonchev–Trinajstić information content (AvgIpc) is 2.33. The molecule has 18 heteroatoms. The molecule has 152 valence electrons. The van der Waals surface area contributed by atoms with Gasteiger partial charge in [0.25, 0.3) is 0 Å². The molecule has 0 amide bonds. The predicted molar refractivity (Wildman–Crippen MR) is 77.3 cm³/mol. The molecule has 0 saturated carbocycles. The third-order valence-electron chi connectivity index (χ3n) is 1.28. The van der Waals surface area contributed by atoms with Crippen LogP contribution in [0.3, 0.4) is 0 Å². The molecule has 0 saturated heterocycles. The maximum absolute atomic E-state index is 9.75. The zero-order valence-electron chi connectivity index (χ0n) is 12.4. The van der Waals surface area contributed by atoms with Crippen molar-refractivity contribution in [2.45, 2.75) is 0 Å². The summed E-state index contributed by atoms with van der Waals surface area (Å²) in [6.45, 7) is 0. The molecule has 0 fully saturated rings. The SMILES string of the molecule is COc1cccc(OC)c1.F[B-](F)(F)F.F[B-](F)(F)F.F[B-](F)(F)F.[KH]. The molecule has 0 aliphatic carbocycles. The number of hydrogen-bond donors (Lipinski definition) is 0. The van der Waals surface area contributed by atoms with Crippen molar-refractivity contribution in [2.24, 2.45) is 0 Å². The molecule has 1 rings (SSSR count). The predicted octanol–water partition coefficient (Wildman–Crippen LogP) is 4.96. The van der Waals surface area contributed by atoms with Crippen LogP contribution in [0.15, 0.2) is 24.3 Å². The Morgan fingerprint density at radius 2 is 0.769 bits per heavy atom. The van der Waals surface area contributed by atoms with Gasteiger partial charge in [-0.25, -0.2) is 0 Å². The number of hydrogen-bond acceptors (Lipinski definition) is 2. The van der Waals surface area contributed by atoms with Gasteiger partial charge in [0.1, 0.15) is 11.5 Å². The van der Waals surface area contributed by atoms with E-state index < -0.39 is 21.8 Å². The fourth-order valence-electron chi connectivity index (χ4n) is 0.728. The van der Waals surface area contributed by atoms with Crippen molar-refractivity contribution < 1.29 is 61.3 Å². The van der Waals surface area contributed by atoms with Gasteiger partial charge in [-0.1, -0.05) is 6.07 Å². The number of halogens is 12. The van der Waals surface area contributed by atoms with Crippen molar-refractivity contribution in [3.8, 4) is 11.5 Å². The number of methoxy groups -OCH3 is 2. The zero-order valence-corrected chi connectivity index (χ0v) is 12.4. The van der Waals surface area contributed by atoms with Gasteiger partial charge in [-0.2, -0.15) is 0 Å². The monoisotopic (exact) mass is 439 g/mol. The molecular formula is C8H11B3F12KO2-3. The molecule has 0 aromatic heterocycles. The summed E-state index contributed by atoms with van der Waals surface area (Å²) < 4.78 is 127. The van der Waals surface area contributed by atoms with E-state index >= 15 is 0 Å². The Morgan fingerprint density at radius 1 is 0.577 bits per heavy atom. The van der Waals surface area contributed by atoms with Crippen LogP contribution in [0.25, 0.3) is 0 Å². The normalized spacial score (nSPS) is 10.4. The molecule has 0 N–H and O–H groups in total. The first-order chi connectivity index (χ1) is 10.9. The van der Waals surface area contributed by atoms with Crippen molar-refractivity contribution in [1.29, 1.82) is 0 Å². The molecule has 0 radical (unpaired) electrons. The molecule has 0 bridgehead atoms. The third-order valence-corrected chi connectivity index (χ3v) is 1.28. The van der Waals surface area contributed by atoms with E-state index in [4.69, 9.17) is 9.47 Å². The summed E-state index contributed by atoms with van der Waals surface area (Å²) in [6.07, 6.45) is 0. The first-order valence-corrected chi connectivity index (χ1v) is 5.66. The summed E-state index contributed by atoms with van der Waals surface area (Å²) in [6, 6.07) is 7.47. The molecule has 0 atom stereocenters. The Hall–Kier alpha value is -0.189. The van der Waals surface area contributed by atoms with Crippen LogP contribution < -0.4 is 9.47 Å². The summed E-state index contributed by atoms with van der Waals surface area (Å²) in [5, 5.41) is 0.